The molecule has 1 heterocycles. The van der Waals surface area contributed by atoms with Crippen molar-refractivity contribution in [3.05, 3.63) is 57.9 Å². The number of ether oxygens (including phenoxy) is 1. The van der Waals surface area contributed by atoms with Crippen LogP contribution in [0.5, 0.6) is 0 Å². The van der Waals surface area contributed by atoms with Gasteiger partial charge in [-0.2, -0.15) is 21.6 Å². The van der Waals surface area contributed by atoms with Crippen LogP contribution >= 0.6 is 11.6 Å². The number of imidazole rings is 1. The molecule has 0 atom stereocenters. The van der Waals surface area contributed by atoms with Crippen LogP contribution in [0.1, 0.15) is 35.9 Å². The number of H-pyrrole nitrogens is 1. The van der Waals surface area contributed by atoms with E-state index in [0.717, 1.165) is 12.5 Å². The molecule has 0 bridgehead atoms. The van der Waals surface area contributed by atoms with Crippen LogP contribution in [0.15, 0.2) is 35.2 Å². The summed E-state index contributed by atoms with van der Waals surface area (Å²) >= 11 is 6.08. The Bertz CT molecular complexity index is 1220. The van der Waals surface area contributed by atoms with Gasteiger partial charge in [-0.15, -0.1) is 0 Å². The van der Waals surface area contributed by atoms with E-state index in [4.69, 9.17) is 16.3 Å². The lowest BCUT2D eigenvalue weighted by Gasteiger charge is -2.15. The van der Waals surface area contributed by atoms with Gasteiger partial charge in [-0.05, 0) is 18.1 Å². The van der Waals surface area contributed by atoms with E-state index in [0.29, 0.717) is 17.9 Å². The van der Waals surface area contributed by atoms with Gasteiger partial charge < -0.3 is 4.74 Å². The molecule has 31 heavy (non-hydrogen) atoms. The Morgan fingerprint density at radius 3 is 2.55 bits per heavy atom. The SMILES string of the molecule is CCCOC[n+]1c(C)[nH]c2c(Cc3ccccc3S(=O)(=O)O)c(C(F)(F)F)c(Cl)cc21. The number of hydrogen-bond acceptors (Lipinski definition) is 3. The largest absolute Gasteiger partial charge is 0.418 e. The molecule has 0 aliphatic heterocycles. The smallest absolute Gasteiger partial charge is 0.342 e. The van der Waals surface area contributed by atoms with Crippen molar-refractivity contribution in [3.8, 4) is 0 Å². The highest BCUT2D eigenvalue weighted by Gasteiger charge is 2.39. The van der Waals surface area contributed by atoms with Gasteiger partial charge in [-0.1, -0.05) is 36.7 Å². The van der Waals surface area contributed by atoms with Crippen molar-refractivity contribution in [3.63, 3.8) is 0 Å². The summed E-state index contributed by atoms with van der Waals surface area (Å²) in [5.41, 5.74) is -0.705. The third kappa shape index (κ3) is 4.87. The van der Waals surface area contributed by atoms with Crippen LogP contribution in [0.4, 0.5) is 13.2 Å². The Hall–Kier alpha value is -2.14. The zero-order chi connectivity index (χ0) is 23.0. The number of hydrogen-bond donors (Lipinski definition) is 2. The van der Waals surface area contributed by atoms with Crippen molar-refractivity contribution >= 4 is 32.8 Å². The number of benzene rings is 2. The van der Waals surface area contributed by atoms with Crippen LogP contribution in [0.2, 0.25) is 5.02 Å². The first-order valence-corrected chi connectivity index (χ1v) is 11.2. The van der Waals surface area contributed by atoms with Crippen LogP contribution in [0.25, 0.3) is 11.0 Å². The van der Waals surface area contributed by atoms with E-state index in [-0.39, 0.29) is 23.4 Å². The summed E-state index contributed by atoms with van der Waals surface area (Å²) in [5.74, 6) is 0.547. The summed E-state index contributed by atoms with van der Waals surface area (Å²) in [5, 5.41) is -0.512. The van der Waals surface area contributed by atoms with Gasteiger partial charge in [0.1, 0.15) is 0 Å². The Balaban J connectivity index is 2.27. The molecule has 168 valence electrons. The first-order chi connectivity index (χ1) is 14.4. The minimum Gasteiger partial charge on any atom is -0.342 e. The molecule has 0 aliphatic carbocycles. The molecule has 11 heteroatoms. The number of aryl methyl sites for hydroxylation is 1. The van der Waals surface area contributed by atoms with Crippen molar-refractivity contribution in [1.82, 2.24) is 4.98 Å². The minimum absolute atomic E-state index is 0.0140. The van der Waals surface area contributed by atoms with E-state index >= 15 is 0 Å². The lowest BCUT2D eigenvalue weighted by atomic mass is 9.97. The number of nitrogens with one attached hydrogen (secondary N) is 1. The molecule has 0 aliphatic rings. The highest BCUT2D eigenvalue weighted by Crippen LogP contribution is 2.41. The molecule has 0 saturated heterocycles. The summed E-state index contributed by atoms with van der Waals surface area (Å²) in [6.07, 6.45) is -4.42. The number of alkyl halides is 3. The van der Waals surface area contributed by atoms with E-state index in [1.165, 1.54) is 24.3 Å². The van der Waals surface area contributed by atoms with Gasteiger partial charge >= 0.3 is 6.18 Å². The molecular weight excluding hydrogens is 457 g/mol. The van der Waals surface area contributed by atoms with Gasteiger partial charge in [0, 0.05) is 25.0 Å². The molecule has 6 nitrogen and oxygen atoms in total. The Labute approximate surface area is 182 Å². The van der Waals surface area contributed by atoms with Crippen LogP contribution in [-0.4, -0.2) is 24.6 Å². The Kier molecular flexibility index (Phi) is 6.66. The highest BCUT2D eigenvalue weighted by molar-refractivity contribution is 7.85. The van der Waals surface area contributed by atoms with Crippen molar-refractivity contribution in [2.45, 2.75) is 44.5 Å². The average molecular weight is 478 g/mol. The Morgan fingerprint density at radius 1 is 1.26 bits per heavy atom. The van der Waals surface area contributed by atoms with Gasteiger partial charge in [0.05, 0.1) is 22.1 Å². The lowest BCUT2D eigenvalue weighted by molar-refractivity contribution is -0.714. The van der Waals surface area contributed by atoms with Crippen molar-refractivity contribution in [2.75, 3.05) is 6.61 Å². The average Bonchev–Trinajstić information content (AvgIpc) is 2.96. The van der Waals surface area contributed by atoms with Crippen LogP contribution in [0, 0.1) is 6.92 Å². The van der Waals surface area contributed by atoms with Gasteiger partial charge in [-0.25, -0.2) is 9.55 Å². The molecule has 3 rings (SSSR count). The van der Waals surface area contributed by atoms with Gasteiger partial charge in [-0.3, -0.25) is 4.55 Å². The van der Waals surface area contributed by atoms with Gasteiger partial charge in [0.15, 0.2) is 17.8 Å². The van der Waals surface area contributed by atoms with Crippen LogP contribution in [-0.2, 0) is 34.2 Å². The number of aromatic nitrogens is 2. The first-order valence-electron chi connectivity index (χ1n) is 9.39. The third-order valence-corrected chi connectivity index (χ3v) is 6.09. The molecule has 0 spiro atoms. The van der Waals surface area contributed by atoms with Gasteiger partial charge in [0.25, 0.3) is 15.9 Å². The van der Waals surface area contributed by atoms with E-state index < -0.39 is 38.2 Å². The molecule has 0 amide bonds. The quantitative estimate of drug-likeness (QED) is 0.294. The lowest BCUT2D eigenvalue weighted by Crippen LogP contribution is -2.37. The third-order valence-electron chi connectivity index (χ3n) is 4.83. The zero-order valence-corrected chi connectivity index (χ0v) is 18.3. The summed E-state index contributed by atoms with van der Waals surface area (Å²) in [4.78, 5) is 2.49. The topological polar surface area (TPSA) is 83.3 Å². The molecule has 2 aromatic carbocycles. The molecule has 0 unspecified atom stereocenters. The fourth-order valence-electron chi connectivity index (χ4n) is 3.51. The second-order valence-corrected chi connectivity index (χ2v) is 8.84. The van der Waals surface area contributed by atoms with Gasteiger partial charge in [0.2, 0.25) is 0 Å². The fraction of sp³-hybridized carbons (Fsp3) is 0.350. The van der Waals surface area contributed by atoms with E-state index in [9.17, 15) is 26.1 Å². The monoisotopic (exact) mass is 477 g/mol. The van der Waals surface area contributed by atoms with E-state index in [1.807, 2.05) is 6.92 Å². The van der Waals surface area contributed by atoms with Crippen LogP contribution in [0.3, 0.4) is 0 Å². The molecule has 0 fully saturated rings. The predicted molar refractivity (Wildman–Crippen MR) is 109 cm³/mol. The maximum Gasteiger partial charge on any atom is 0.418 e. The Morgan fingerprint density at radius 2 is 1.94 bits per heavy atom. The number of aromatic amines is 1. The second-order valence-electron chi connectivity index (χ2n) is 7.04. The van der Waals surface area contributed by atoms with Crippen molar-refractivity contribution in [1.29, 1.82) is 0 Å². The summed E-state index contributed by atoms with van der Waals surface area (Å²) in [7, 11) is -4.63. The van der Waals surface area contributed by atoms with Crippen LogP contribution < -0.4 is 4.57 Å². The number of rotatable bonds is 7. The number of halogens is 4. The molecular formula is C20H21ClF3N2O4S+. The summed E-state index contributed by atoms with van der Waals surface area (Å²) < 4.78 is 82.0. The van der Waals surface area contributed by atoms with E-state index in [2.05, 4.69) is 4.98 Å². The molecule has 0 radical (unpaired) electrons. The summed E-state index contributed by atoms with van der Waals surface area (Å²) in [6.45, 7) is 4.21. The number of fused-ring (bicyclic) bond motifs is 1. The molecule has 2 N–H and O–H groups in total. The molecule has 3 aromatic rings. The maximum atomic E-state index is 13.9. The normalized spacial score (nSPS) is 12.6. The highest BCUT2D eigenvalue weighted by atomic mass is 35.5. The standard InChI is InChI=1S/C20H20ClF3N2O4S/c1-3-8-30-11-26-12(2)25-19-14(18(20(22,23)24)15(21)10-16(19)26)9-13-6-4-5-7-17(13)31(27,28)29/h4-7,10H,3,8-9,11H2,1-2H3,(H,27,28,29)/p+1. The minimum atomic E-state index is -4.78. The predicted octanol–water partition coefficient (Wildman–Crippen LogP) is 4.66. The zero-order valence-electron chi connectivity index (χ0n) is 16.8. The van der Waals surface area contributed by atoms with Crippen molar-refractivity contribution < 1.29 is 35.4 Å². The molecule has 0 saturated carbocycles. The first kappa shape index (κ1) is 23.5. The maximum absolute atomic E-state index is 13.9. The fourth-order valence-corrected chi connectivity index (χ4v) is 4.56. The molecule has 1 aromatic heterocycles. The summed E-state index contributed by atoms with van der Waals surface area (Å²) in [6, 6.07) is 6.57. The number of nitrogens with zero attached hydrogens (tertiary/aromatic N) is 1. The van der Waals surface area contributed by atoms with E-state index in [1.54, 1.807) is 11.5 Å². The second kappa shape index (κ2) is 8.78. The van der Waals surface area contributed by atoms with Crippen molar-refractivity contribution in [2.24, 2.45) is 0 Å².